The fourth-order valence-corrected chi connectivity index (χ4v) is 1.72. The van der Waals surface area contributed by atoms with Crippen molar-refractivity contribution in [1.82, 2.24) is 0 Å². The predicted octanol–water partition coefficient (Wildman–Crippen LogP) is 3.95. The lowest BCUT2D eigenvalue weighted by molar-refractivity contribution is 0.305. The van der Waals surface area contributed by atoms with Crippen molar-refractivity contribution in [2.75, 3.05) is 5.73 Å². The molecule has 4 heteroatoms. The van der Waals surface area contributed by atoms with Crippen molar-refractivity contribution in [2.45, 2.75) is 13.5 Å². The molecule has 2 aromatic rings. The summed E-state index contributed by atoms with van der Waals surface area (Å²) in [5, 5.41) is 0.448. The largest absolute Gasteiger partial charge is 0.489 e. The summed E-state index contributed by atoms with van der Waals surface area (Å²) in [6, 6.07) is 9.68. The molecule has 2 nitrogen and oxygen atoms in total. The molecular formula is C14H13ClFNO. The van der Waals surface area contributed by atoms with Crippen LogP contribution in [-0.2, 0) is 6.61 Å². The van der Waals surface area contributed by atoms with Crippen molar-refractivity contribution >= 4 is 17.3 Å². The van der Waals surface area contributed by atoms with Gasteiger partial charge >= 0.3 is 0 Å². The molecule has 0 atom stereocenters. The van der Waals surface area contributed by atoms with E-state index in [4.69, 9.17) is 22.1 Å². The molecule has 18 heavy (non-hydrogen) atoms. The molecule has 0 aliphatic carbocycles. The SMILES string of the molecule is Cc1ccc(F)cc1COc1ccc(N)c(Cl)c1. The molecule has 2 aromatic carbocycles. The van der Waals surface area contributed by atoms with Gasteiger partial charge in [-0.15, -0.1) is 0 Å². The maximum atomic E-state index is 13.1. The first-order chi connectivity index (χ1) is 8.56. The van der Waals surface area contributed by atoms with E-state index in [1.807, 2.05) is 6.92 Å². The second-order valence-electron chi connectivity index (χ2n) is 4.04. The van der Waals surface area contributed by atoms with Gasteiger partial charge in [0.25, 0.3) is 0 Å². The van der Waals surface area contributed by atoms with Crippen LogP contribution in [0, 0.1) is 12.7 Å². The number of halogens is 2. The lowest BCUT2D eigenvalue weighted by Crippen LogP contribution is -1.99. The van der Waals surface area contributed by atoms with Gasteiger partial charge in [0.2, 0.25) is 0 Å². The normalized spacial score (nSPS) is 10.4. The van der Waals surface area contributed by atoms with Crippen molar-refractivity contribution in [1.29, 1.82) is 0 Å². The van der Waals surface area contributed by atoms with Gasteiger partial charge in [-0.1, -0.05) is 17.7 Å². The molecule has 0 saturated carbocycles. The van der Waals surface area contributed by atoms with Crippen LogP contribution in [0.2, 0.25) is 5.02 Å². The lowest BCUT2D eigenvalue weighted by Gasteiger charge is -2.09. The van der Waals surface area contributed by atoms with Crippen molar-refractivity contribution in [3.05, 3.63) is 58.4 Å². The third-order valence-electron chi connectivity index (χ3n) is 2.68. The summed E-state index contributed by atoms with van der Waals surface area (Å²) in [5.74, 6) is 0.340. The number of anilines is 1. The Balaban J connectivity index is 2.11. The first kappa shape index (κ1) is 12.7. The summed E-state index contributed by atoms with van der Waals surface area (Å²) in [6.07, 6.45) is 0. The third kappa shape index (κ3) is 2.93. The predicted molar refractivity (Wildman–Crippen MR) is 71.3 cm³/mol. The van der Waals surface area contributed by atoms with Crippen LogP contribution in [0.25, 0.3) is 0 Å². The van der Waals surface area contributed by atoms with Crippen molar-refractivity contribution in [3.63, 3.8) is 0 Å². The molecule has 2 N–H and O–H groups in total. The molecule has 0 amide bonds. The topological polar surface area (TPSA) is 35.2 Å². The molecule has 0 bridgehead atoms. The van der Waals surface area contributed by atoms with E-state index < -0.39 is 0 Å². The van der Waals surface area contributed by atoms with Crippen molar-refractivity contribution < 1.29 is 9.13 Å². The van der Waals surface area contributed by atoms with Crippen molar-refractivity contribution in [3.8, 4) is 5.75 Å². The minimum absolute atomic E-state index is 0.269. The van der Waals surface area contributed by atoms with Gasteiger partial charge in [0, 0.05) is 6.07 Å². The molecule has 0 aliphatic rings. The first-order valence-corrected chi connectivity index (χ1v) is 5.87. The van der Waals surface area contributed by atoms with E-state index in [-0.39, 0.29) is 5.82 Å². The molecule has 94 valence electrons. The second-order valence-corrected chi connectivity index (χ2v) is 4.45. The number of nitrogens with two attached hydrogens (primary N) is 1. The van der Waals surface area contributed by atoms with E-state index >= 15 is 0 Å². The maximum absolute atomic E-state index is 13.1. The Morgan fingerprint density at radius 2 is 2.00 bits per heavy atom. The number of aryl methyl sites for hydroxylation is 1. The maximum Gasteiger partial charge on any atom is 0.123 e. The van der Waals surface area contributed by atoms with Crippen LogP contribution in [0.5, 0.6) is 5.75 Å². The standard InChI is InChI=1S/C14H13ClFNO/c1-9-2-3-11(16)6-10(9)8-18-12-4-5-14(17)13(15)7-12/h2-7H,8,17H2,1H3. The molecule has 0 aliphatic heterocycles. The molecule has 2 rings (SSSR count). The number of hydrogen-bond acceptors (Lipinski definition) is 2. The Morgan fingerprint density at radius 3 is 2.72 bits per heavy atom. The zero-order valence-corrected chi connectivity index (χ0v) is 10.7. The van der Waals surface area contributed by atoms with E-state index in [1.54, 1.807) is 24.3 Å². The van der Waals surface area contributed by atoms with Crippen LogP contribution in [0.3, 0.4) is 0 Å². The highest BCUT2D eigenvalue weighted by atomic mass is 35.5. The molecule has 0 fully saturated rings. The van der Waals surface area contributed by atoms with Gasteiger partial charge in [0.15, 0.2) is 0 Å². The Labute approximate surface area is 110 Å². The number of nitrogen functional groups attached to an aromatic ring is 1. The average Bonchev–Trinajstić information content (AvgIpc) is 2.34. The molecule has 0 heterocycles. The van der Waals surface area contributed by atoms with Gasteiger partial charge in [0.1, 0.15) is 18.2 Å². The first-order valence-electron chi connectivity index (χ1n) is 5.49. The molecular weight excluding hydrogens is 253 g/mol. The number of hydrogen-bond donors (Lipinski definition) is 1. The van der Waals surface area contributed by atoms with Gasteiger partial charge in [-0.3, -0.25) is 0 Å². The summed E-state index contributed by atoms with van der Waals surface area (Å²) in [4.78, 5) is 0. The third-order valence-corrected chi connectivity index (χ3v) is 3.00. The number of ether oxygens (including phenoxy) is 1. The van der Waals surface area contributed by atoms with E-state index in [9.17, 15) is 4.39 Å². The molecule has 0 spiro atoms. The van der Waals surface area contributed by atoms with Gasteiger partial charge in [-0.05, 0) is 42.3 Å². The Kier molecular flexibility index (Phi) is 3.72. The highest BCUT2D eigenvalue weighted by Gasteiger charge is 2.03. The summed E-state index contributed by atoms with van der Waals surface area (Å²) < 4.78 is 18.7. The van der Waals surface area contributed by atoms with Crippen molar-refractivity contribution in [2.24, 2.45) is 0 Å². The van der Waals surface area contributed by atoms with E-state index in [0.717, 1.165) is 11.1 Å². The highest BCUT2D eigenvalue weighted by Crippen LogP contribution is 2.25. The fourth-order valence-electron chi connectivity index (χ4n) is 1.55. The molecule has 0 saturated heterocycles. The minimum Gasteiger partial charge on any atom is -0.489 e. The Morgan fingerprint density at radius 1 is 1.22 bits per heavy atom. The zero-order valence-electron chi connectivity index (χ0n) is 9.91. The van der Waals surface area contributed by atoms with E-state index in [2.05, 4.69) is 0 Å². The highest BCUT2D eigenvalue weighted by molar-refractivity contribution is 6.33. The zero-order chi connectivity index (χ0) is 13.1. The molecule has 0 radical (unpaired) electrons. The van der Waals surface area contributed by atoms with E-state index in [1.165, 1.54) is 12.1 Å². The van der Waals surface area contributed by atoms with Crippen LogP contribution in [-0.4, -0.2) is 0 Å². The Hall–Kier alpha value is -1.74. The summed E-state index contributed by atoms with van der Waals surface area (Å²) in [6.45, 7) is 2.21. The molecule has 0 aromatic heterocycles. The summed E-state index contributed by atoms with van der Waals surface area (Å²) >= 11 is 5.89. The van der Waals surface area contributed by atoms with Crippen LogP contribution in [0.15, 0.2) is 36.4 Å². The van der Waals surface area contributed by atoms with Crippen LogP contribution in [0.1, 0.15) is 11.1 Å². The smallest absolute Gasteiger partial charge is 0.123 e. The second kappa shape index (κ2) is 5.27. The Bertz CT molecular complexity index is 572. The monoisotopic (exact) mass is 265 g/mol. The lowest BCUT2D eigenvalue weighted by atomic mass is 10.1. The number of benzene rings is 2. The van der Waals surface area contributed by atoms with Gasteiger partial charge < -0.3 is 10.5 Å². The number of rotatable bonds is 3. The van der Waals surface area contributed by atoms with Gasteiger partial charge in [-0.25, -0.2) is 4.39 Å². The van der Waals surface area contributed by atoms with Crippen LogP contribution >= 0.6 is 11.6 Å². The van der Waals surface area contributed by atoms with Gasteiger partial charge in [0.05, 0.1) is 10.7 Å². The van der Waals surface area contributed by atoms with Crippen LogP contribution < -0.4 is 10.5 Å². The quantitative estimate of drug-likeness (QED) is 0.853. The average molecular weight is 266 g/mol. The van der Waals surface area contributed by atoms with Gasteiger partial charge in [-0.2, -0.15) is 0 Å². The molecule has 0 unspecified atom stereocenters. The minimum atomic E-state index is -0.269. The summed E-state index contributed by atoms with van der Waals surface area (Å²) in [5.41, 5.74) is 7.90. The fraction of sp³-hybridized carbons (Fsp3) is 0.143. The van der Waals surface area contributed by atoms with E-state index in [0.29, 0.717) is 23.1 Å². The van der Waals surface area contributed by atoms with Crippen LogP contribution in [0.4, 0.5) is 10.1 Å². The summed E-state index contributed by atoms with van der Waals surface area (Å²) in [7, 11) is 0.